The second-order valence-corrected chi connectivity index (χ2v) is 10.4. The fourth-order valence-corrected chi connectivity index (χ4v) is 4.87. The van der Waals surface area contributed by atoms with Crippen molar-refractivity contribution in [2.45, 2.75) is 83.8 Å². The average Bonchev–Trinajstić information content (AvgIpc) is 3.19. The number of halogens is 1. The molecule has 2 aliphatic rings. The maximum absolute atomic E-state index is 13.3. The molecule has 1 saturated carbocycles. The molecule has 1 aromatic carbocycles. The van der Waals surface area contributed by atoms with Gasteiger partial charge in [-0.05, 0) is 43.4 Å². The minimum atomic E-state index is -0.577. The summed E-state index contributed by atoms with van der Waals surface area (Å²) in [6.07, 6.45) is 7.08. The van der Waals surface area contributed by atoms with E-state index in [1.165, 1.54) is 19.3 Å². The van der Waals surface area contributed by atoms with Crippen LogP contribution in [0.25, 0.3) is 0 Å². The van der Waals surface area contributed by atoms with Gasteiger partial charge in [0, 0.05) is 29.6 Å². The molecule has 2 unspecified atom stereocenters. The lowest BCUT2D eigenvalue weighted by atomic mass is 9.88. The molecule has 0 radical (unpaired) electrons. The fraction of sp³-hybridized carbons (Fsp3) is 0.667. The molecule has 0 aromatic heterocycles. The molecule has 2 fully saturated rings. The summed E-state index contributed by atoms with van der Waals surface area (Å²) in [6, 6.07) is 7.27. The Morgan fingerprint density at radius 2 is 1.73 bits per heavy atom. The van der Waals surface area contributed by atoms with Crippen molar-refractivity contribution in [3.05, 3.63) is 34.9 Å². The van der Waals surface area contributed by atoms with Crippen molar-refractivity contribution < 1.29 is 9.59 Å². The highest BCUT2D eigenvalue weighted by Gasteiger charge is 2.41. The van der Waals surface area contributed by atoms with Gasteiger partial charge in [0.05, 0.1) is 12.1 Å². The molecule has 0 bridgehead atoms. The number of amides is 2. The van der Waals surface area contributed by atoms with Crippen LogP contribution in [0.15, 0.2) is 24.3 Å². The standard InChI is InChI=1S/C24H36ClN3O2/c1-24(2,3)23(30)28(19-7-5-4-6-8-19)20-13-14-27(16-20)22(29)21(26)15-17-9-11-18(25)12-10-17/h9-12,19-21H,4-8,13-16,26H2,1-3H3. The van der Waals surface area contributed by atoms with Crippen LogP contribution in [0.4, 0.5) is 0 Å². The van der Waals surface area contributed by atoms with Crippen LogP contribution in [-0.4, -0.2) is 52.8 Å². The van der Waals surface area contributed by atoms with Crippen LogP contribution in [0.1, 0.15) is 64.9 Å². The maximum atomic E-state index is 13.3. The number of hydrogen-bond acceptors (Lipinski definition) is 3. The Morgan fingerprint density at radius 1 is 1.10 bits per heavy atom. The van der Waals surface area contributed by atoms with Gasteiger partial charge >= 0.3 is 0 Å². The van der Waals surface area contributed by atoms with E-state index in [0.717, 1.165) is 24.8 Å². The molecule has 2 atom stereocenters. The quantitative estimate of drug-likeness (QED) is 0.762. The van der Waals surface area contributed by atoms with Crippen molar-refractivity contribution in [2.24, 2.45) is 11.1 Å². The van der Waals surface area contributed by atoms with Gasteiger partial charge in [-0.1, -0.05) is 63.8 Å². The predicted octanol–water partition coefficient (Wildman–Crippen LogP) is 4.02. The minimum absolute atomic E-state index is 0.0285. The lowest BCUT2D eigenvalue weighted by molar-refractivity contribution is -0.146. The molecule has 6 heteroatoms. The van der Waals surface area contributed by atoms with Gasteiger partial charge in [-0.3, -0.25) is 9.59 Å². The summed E-state index contributed by atoms with van der Waals surface area (Å²) in [7, 11) is 0. The summed E-state index contributed by atoms with van der Waals surface area (Å²) in [5.41, 5.74) is 6.84. The number of likely N-dealkylation sites (tertiary alicyclic amines) is 1. The maximum Gasteiger partial charge on any atom is 0.239 e. The summed E-state index contributed by atoms with van der Waals surface area (Å²) in [6.45, 7) is 7.23. The number of nitrogens with two attached hydrogens (primary N) is 1. The van der Waals surface area contributed by atoms with Crippen LogP contribution in [0, 0.1) is 5.41 Å². The van der Waals surface area contributed by atoms with Gasteiger partial charge < -0.3 is 15.5 Å². The van der Waals surface area contributed by atoms with E-state index in [-0.39, 0.29) is 17.9 Å². The third-order valence-corrected chi connectivity index (χ3v) is 6.65. The first-order chi connectivity index (χ1) is 14.2. The lowest BCUT2D eigenvalue weighted by Gasteiger charge is -2.42. The average molecular weight is 434 g/mol. The van der Waals surface area contributed by atoms with E-state index >= 15 is 0 Å². The molecule has 166 valence electrons. The molecule has 3 rings (SSSR count). The molecule has 2 N–H and O–H groups in total. The topological polar surface area (TPSA) is 66.6 Å². The van der Waals surface area contributed by atoms with Crippen molar-refractivity contribution in [2.75, 3.05) is 13.1 Å². The summed E-state index contributed by atoms with van der Waals surface area (Å²) in [4.78, 5) is 30.3. The largest absolute Gasteiger partial charge is 0.339 e. The Bertz CT molecular complexity index is 738. The monoisotopic (exact) mass is 433 g/mol. The first kappa shape index (κ1) is 23.1. The zero-order valence-electron chi connectivity index (χ0n) is 18.6. The summed E-state index contributed by atoms with van der Waals surface area (Å²) in [5, 5.41) is 0.673. The molecule has 5 nitrogen and oxygen atoms in total. The third-order valence-electron chi connectivity index (χ3n) is 6.40. The molecule has 1 aromatic rings. The molecule has 1 aliphatic carbocycles. The lowest BCUT2D eigenvalue weighted by Crippen LogP contribution is -2.53. The smallest absolute Gasteiger partial charge is 0.239 e. The Labute approximate surface area is 185 Å². The molecule has 30 heavy (non-hydrogen) atoms. The Balaban J connectivity index is 1.66. The molecule has 1 aliphatic heterocycles. The Hall–Kier alpha value is -1.59. The molecule has 2 amide bonds. The number of benzene rings is 1. The molecule has 1 heterocycles. The number of nitrogens with zero attached hydrogens (tertiary/aromatic N) is 2. The van der Waals surface area contributed by atoms with Gasteiger partial charge in [-0.15, -0.1) is 0 Å². The number of hydrogen-bond donors (Lipinski definition) is 1. The Kier molecular flexibility index (Phi) is 7.46. The van der Waals surface area contributed by atoms with E-state index in [0.29, 0.717) is 30.6 Å². The van der Waals surface area contributed by atoms with Crippen molar-refractivity contribution in [1.82, 2.24) is 9.80 Å². The predicted molar refractivity (Wildman–Crippen MR) is 121 cm³/mol. The summed E-state index contributed by atoms with van der Waals surface area (Å²) >= 11 is 5.94. The molecular formula is C24H36ClN3O2. The molecule has 1 saturated heterocycles. The van der Waals surface area contributed by atoms with Gasteiger partial charge in [0.25, 0.3) is 0 Å². The first-order valence-electron chi connectivity index (χ1n) is 11.3. The van der Waals surface area contributed by atoms with Crippen LogP contribution in [0.2, 0.25) is 5.02 Å². The van der Waals surface area contributed by atoms with Crippen molar-refractivity contribution in [3.8, 4) is 0 Å². The van der Waals surface area contributed by atoms with E-state index in [2.05, 4.69) is 4.90 Å². The normalized spacial score (nSPS) is 21.5. The van der Waals surface area contributed by atoms with Crippen LogP contribution in [0.5, 0.6) is 0 Å². The third kappa shape index (κ3) is 5.55. The highest BCUT2D eigenvalue weighted by atomic mass is 35.5. The van der Waals surface area contributed by atoms with Crippen LogP contribution in [0.3, 0.4) is 0 Å². The second kappa shape index (κ2) is 9.69. The van der Waals surface area contributed by atoms with Crippen molar-refractivity contribution in [3.63, 3.8) is 0 Å². The van der Waals surface area contributed by atoms with Gasteiger partial charge in [0.15, 0.2) is 0 Å². The number of carbonyl (C=O) groups is 2. The van der Waals surface area contributed by atoms with Gasteiger partial charge in [0.2, 0.25) is 11.8 Å². The minimum Gasteiger partial charge on any atom is -0.339 e. The first-order valence-corrected chi connectivity index (χ1v) is 11.7. The zero-order chi connectivity index (χ0) is 21.9. The summed E-state index contributed by atoms with van der Waals surface area (Å²) in [5.74, 6) is 0.179. The second-order valence-electron chi connectivity index (χ2n) is 9.92. The van der Waals surface area contributed by atoms with E-state index in [4.69, 9.17) is 17.3 Å². The SMILES string of the molecule is CC(C)(C)C(=O)N(C1CCCCC1)C1CCN(C(=O)C(N)Cc2ccc(Cl)cc2)C1. The van der Waals surface area contributed by atoms with Gasteiger partial charge in [-0.25, -0.2) is 0 Å². The molecule has 0 spiro atoms. The number of rotatable bonds is 5. The Morgan fingerprint density at radius 3 is 2.33 bits per heavy atom. The van der Waals surface area contributed by atoms with E-state index in [1.54, 1.807) is 0 Å². The number of carbonyl (C=O) groups excluding carboxylic acids is 2. The highest BCUT2D eigenvalue weighted by Crippen LogP contribution is 2.31. The highest BCUT2D eigenvalue weighted by molar-refractivity contribution is 6.30. The van der Waals surface area contributed by atoms with Crippen molar-refractivity contribution >= 4 is 23.4 Å². The van der Waals surface area contributed by atoms with Crippen LogP contribution < -0.4 is 5.73 Å². The van der Waals surface area contributed by atoms with E-state index < -0.39 is 11.5 Å². The van der Waals surface area contributed by atoms with E-state index in [1.807, 2.05) is 49.9 Å². The van der Waals surface area contributed by atoms with Crippen LogP contribution in [-0.2, 0) is 16.0 Å². The van der Waals surface area contributed by atoms with Gasteiger partial charge in [0.1, 0.15) is 0 Å². The zero-order valence-corrected chi connectivity index (χ0v) is 19.3. The van der Waals surface area contributed by atoms with E-state index in [9.17, 15) is 9.59 Å². The van der Waals surface area contributed by atoms with Gasteiger partial charge in [-0.2, -0.15) is 0 Å². The fourth-order valence-electron chi connectivity index (χ4n) is 4.74. The summed E-state index contributed by atoms with van der Waals surface area (Å²) < 4.78 is 0. The molecular weight excluding hydrogens is 398 g/mol. The van der Waals surface area contributed by atoms with Crippen molar-refractivity contribution in [1.29, 1.82) is 0 Å². The van der Waals surface area contributed by atoms with Crippen LogP contribution >= 0.6 is 11.6 Å².